The summed E-state index contributed by atoms with van der Waals surface area (Å²) in [6, 6.07) is 5.98. The maximum absolute atomic E-state index is 5.74. The van der Waals surface area contributed by atoms with Crippen molar-refractivity contribution < 1.29 is 4.74 Å². The number of nitrogens with one attached hydrogen (secondary N) is 1. The maximum Gasteiger partial charge on any atom is 0.189 e. The van der Waals surface area contributed by atoms with Crippen LogP contribution in [0, 0.1) is 6.92 Å². The van der Waals surface area contributed by atoms with Crippen LogP contribution in [0.2, 0.25) is 0 Å². The van der Waals surface area contributed by atoms with E-state index in [9.17, 15) is 0 Å². The van der Waals surface area contributed by atoms with Crippen molar-refractivity contribution in [3.05, 3.63) is 41.5 Å². The zero-order chi connectivity index (χ0) is 13.5. The summed E-state index contributed by atoms with van der Waals surface area (Å²) in [7, 11) is 1.67. The topological polar surface area (TPSA) is 59.6 Å². The van der Waals surface area contributed by atoms with E-state index in [1.165, 1.54) is 0 Å². The van der Waals surface area contributed by atoms with E-state index < -0.39 is 0 Å². The summed E-state index contributed by atoms with van der Waals surface area (Å²) in [5.41, 5.74) is 8.96. The molecule has 0 unspecified atom stereocenters. The van der Waals surface area contributed by atoms with Crippen LogP contribution in [-0.2, 0) is 6.54 Å². The molecule has 0 saturated carbocycles. The van der Waals surface area contributed by atoms with Crippen molar-refractivity contribution in [2.75, 3.05) is 13.7 Å². The number of methoxy groups -OCH3 is 1. The third kappa shape index (κ3) is 4.49. The van der Waals surface area contributed by atoms with Gasteiger partial charge in [-0.1, -0.05) is 24.3 Å². The Morgan fingerprint density at radius 2 is 2.22 bits per heavy atom. The molecule has 0 atom stereocenters. The molecule has 0 amide bonds. The Bertz CT molecular complexity index is 452. The van der Waals surface area contributed by atoms with Crippen LogP contribution in [0.5, 0.6) is 5.75 Å². The van der Waals surface area contributed by atoms with Crippen molar-refractivity contribution in [1.29, 1.82) is 0 Å². The highest BCUT2D eigenvalue weighted by Crippen LogP contribution is 2.18. The summed E-state index contributed by atoms with van der Waals surface area (Å²) in [6.45, 7) is 8.94. The van der Waals surface area contributed by atoms with E-state index in [0.717, 1.165) is 22.4 Å². The zero-order valence-corrected chi connectivity index (χ0v) is 11.3. The van der Waals surface area contributed by atoms with E-state index in [1.807, 2.05) is 32.0 Å². The van der Waals surface area contributed by atoms with E-state index in [2.05, 4.69) is 16.9 Å². The Morgan fingerprint density at radius 3 is 2.78 bits per heavy atom. The number of ether oxygens (including phenoxy) is 1. The second-order valence-electron chi connectivity index (χ2n) is 4.32. The lowest BCUT2D eigenvalue weighted by Crippen LogP contribution is -2.32. The average Bonchev–Trinajstić information content (AvgIpc) is 2.34. The van der Waals surface area contributed by atoms with Crippen LogP contribution in [0.25, 0.3) is 0 Å². The van der Waals surface area contributed by atoms with Gasteiger partial charge in [0.1, 0.15) is 5.75 Å². The first-order valence-electron chi connectivity index (χ1n) is 5.84. The third-order valence-electron chi connectivity index (χ3n) is 2.46. The molecule has 0 aliphatic rings. The van der Waals surface area contributed by atoms with E-state index >= 15 is 0 Å². The highest BCUT2D eigenvalue weighted by atomic mass is 16.5. The number of hydrogen-bond donors (Lipinski definition) is 2. The van der Waals surface area contributed by atoms with Gasteiger partial charge in [0.05, 0.1) is 13.7 Å². The zero-order valence-electron chi connectivity index (χ0n) is 11.3. The Labute approximate surface area is 109 Å². The molecule has 0 saturated heterocycles. The standard InChI is InChI=1S/C14H21N3O/c1-10(2)8-16-14(15)17-9-12-5-6-13(18-4)11(3)7-12/h5-7H,1,8-9H2,2-4H3,(H3,15,16,17). The van der Waals surface area contributed by atoms with Crippen molar-refractivity contribution in [3.63, 3.8) is 0 Å². The number of guanidine groups is 1. The van der Waals surface area contributed by atoms with Crippen molar-refractivity contribution in [2.24, 2.45) is 10.7 Å². The fourth-order valence-electron chi connectivity index (χ4n) is 1.51. The van der Waals surface area contributed by atoms with Gasteiger partial charge in [0.2, 0.25) is 0 Å². The van der Waals surface area contributed by atoms with Crippen molar-refractivity contribution in [3.8, 4) is 5.75 Å². The van der Waals surface area contributed by atoms with Crippen LogP contribution in [0.1, 0.15) is 18.1 Å². The maximum atomic E-state index is 5.74. The van der Waals surface area contributed by atoms with Crippen LogP contribution in [-0.4, -0.2) is 19.6 Å². The predicted molar refractivity (Wildman–Crippen MR) is 75.9 cm³/mol. The SMILES string of the molecule is C=C(C)CNC(N)=NCc1ccc(OC)c(C)c1. The summed E-state index contributed by atoms with van der Waals surface area (Å²) in [4.78, 5) is 4.26. The van der Waals surface area contributed by atoms with E-state index in [0.29, 0.717) is 19.0 Å². The number of benzene rings is 1. The first-order valence-corrected chi connectivity index (χ1v) is 5.84. The molecule has 1 aromatic rings. The summed E-state index contributed by atoms with van der Waals surface area (Å²) < 4.78 is 5.21. The molecule has 0 fully saturated rings. The number of nitrogens with two attached hydrogens (primary N) is 1. The fourth-order valence-corrected chi connectivity index (χ4v) is 1.51. The number of rotatable bonds is 5. The first kappa shape index (κ1) is 14.1. The lowest BCUT2D eigenvalue weighted by molar-refractivity contribution is 0.411. The monoisotopic (exact) mass is 247 g/mol. The molecule has 98 valence electrons. The second-order valence-corrected chi connectivity index (χ2v) is 4.32. The smallest absolute Gasteiger partial charge is 0.189 e. The molecule has 1 aromatic carbocycles. The molecule has 0 spiro atoms. The second kappa shape index (κ2) is 6.69. The molecule has 0 aromatic heterocycles. The van der Waals surface area contributed by atoms with E-state index in [1.54, 1.807) is 7.11 Å². The Balaban J connectivity index is 2.59. The molecule has 4 heteroatoms. The molecule has 18 heavy (non-hydrogen) atoms. The van der Waals surface area contributed by atoms with Crippen LogP contribution >= 0.6 is 0 Å². The van der Waals surface area contributed by atoms with Gasteiger partial charge < -0.3 is 15.8 Å². The molecular formula is C14H21N3O. The molecule has 0 radical (unpaired) electrons. The quantitative estimate of drug-likeness (QED) is 0.475. The Morgan fingerprint density at radius 1 is 1.50 bits per heavy atom. The van der Waals surface area contributed by atoms with Crippen LogP contribution in [0.4, 0.5) is 0 Å². The molecule has 0 heterocycles. The van der Waals surface area contributed by atoms with Crippen molar-refractivity contribution in [1.82, 2.24) is 5.32 Å². The minimum absolute atomic E-state index is 0.437. The highest BCUT2D eigenvalue weighted by molar-refractivity contribution is 5.78. The molecular weight excluding hydrogens is 226 g/mol. The van der Waals surface area contributed by atoms with Gasteiger partial charge in [-0.05, 0) is 31.0 Å². The minimum Gasteiger partial charge on any atom is -0.496 e. The lowest BCUT2D eigenvalue weighted by Gasteiger charge is -2.07. The van der Waals surface area contributed by atoms with Crippen LogP contribution in [0.15, 0.2) is 35.3 Å². The van der Waals surface area contributed by atoms with Gasteiger partial charge >= 0.3 is 0 Å². The summed E-state index contributed by atoms with van der Waals surface area (Å²) in [6.07, 6.45) is 0. The van der Waals surface area contributed by atoms with Gasteiger partial charge in [0, 0.05) is 6.54 Å². The molecule has 4 nitrogen and oxygen atoms in total. The number of aliphatic imine (C=N–C) groups is 1. The Hall–Kier alpha value is -1.97. The summed E-state index contributed by atoms with van der Waals surface area (Å²) in [5, 5.41) is 2.99. The third-order valence-corrected chi connectivity index (χ3v) is 2.46. The van der Waals surface area contributed by atoms with Gasteiger partial charge in [-0.2, -0.15) is 0 Å². The van der Waals surface area contributed by atoms with E-state index in [-0.39, 0.29) is 0 Å². The first-order chi connectivity index (χ1) is 8.52. The van der Waals surface area contributed by atoms with E-state index in [4.69, 9.17) is 10.5 Å². The average molecular weight is 247 g/mol. The normalized spacial score (nSPS) is 11.2. The predicted octanol–water partition coefficient (Wildman–Crippen LogP) is 1.98. The van der Waals surface area contributed by atoms with Gasteiger partial charge in [0.25, 0.3) is 0 Å². The van der Waals surface area contributed by atoms with Crippen LogP contribution < -0.4 is 15.8 Å². The molecule has 0 aliphatic heterocycles. The largest absolute Gasteiger partial charge is 0.496 e. The minimum atomic E-state index is 0.437. The molecule has 1 rings (SSSR count). The van der Waals surface area contributed by atoms with Gasteiger partial charge in [-0.15, -0.1) is 0 Å². The molecule has 3 N–H and O–H groups in total. The molecule has 0 bridgehead atoms. The molecule has 0 aliphatic carbocycles. The number of nitrogens with zero attached hydrogens (tertiary/aromatic N) is 1. The lowest BCUT2D eigenvalue weighted by atomic mass is 10.1. The number of hydrogen-bond acceptors (Lipinski definition) is 2. The fraction of sp³-hybridized carbons (Fsp3) is 0.357. The summed E-state index contributed by atoms with van der Waals surface area (Å²) >= 11 is 0. The van der Waals surface area contributed by atoms with Crippen LogP contribution in [0.3, 0.4) is 0 Å². The van der Waals surface area contributed by atoms with Crippen molar-refractivity contribution in [2.45, 2.75) is 20.4 Å². The van der Waals surface area contributed by atoms with Gasteiger partial charge in [0.15, 0.2) is 5.96 Å². The summed E-state index contributed by atoms with van der Waals surface area (Å²) in [5.74, 6) is 1.32. The van der Waals surface area contributed by atoms with Gasteiger partial charge in [-0.3, -0.25) is 0 Å². The van der Waals surface area contributed by atoms with Crippen molar-refractivity contribution >= 4 is 5.96 Å². The van der Waals surface area contributed by atoms with Gasteiger partial charge in [-0.25, -0.2) is 4.99 Å². The highest BCUT2D eigenvalue weighted by Gasteiger charge is 1.99. The Kier molecular flexibility index (Phi) is 5.24. The number of aryl methyl sites for hydroxylation is 1.